The Labute approximate surface area is 128 Å². The first-order valence-electron chi connectivity index (χ1n) is 7.05. The van der Waals surface area contributed by atoms with Gasteiger partial charge in [-0.25, -0.2) is 0 Å². The molecule has 1 aliphatic heterocycles. The summed E-state index contributed by atoms with van der Waals surface area (Å²) in [6, 6.07) is 7.71. The van der Waals surface area contributed by atoms with Crippen molar-refractivity contribution in [1.82, 2.24) is 15.2 Å². The summed E-state index contributed by atoms with van der Waals surface area (Å²) in [7, 11) is 0. The first-order valence-corrected chi connectivity index (χ1v) is 7.42. The lowest BCUT2D eigenvalue weighted by Gasteiger charge is -2.25. The summed E-state index contributed by atoms with van der Waals surface area (Å²) in [5.74, 6) is 0.0357. The molecule has 2 N–H and O–H groups in total. The molecule has 5 nitrogen and oxygen atoms in total. The number of fused-ring (bicyclic) bond motifs is 1. The van der Waals surface area contributed by atoms with Gasteiger partial charge in [0.05, 0.1) is 26.3 Å². The Morgan fingerprint density at radius 1 is 1.33 bits per heavy atom. The zero-order chi connectivity index (χ0) is 14.7. The fourth-order valence-electron chi connectivity index (χ4n) is 2.47. The van der Waals surface area contributed by atoms with Gasteiger partial charge in [-0.15, -0.1) is 0 Å². The third kappa shape index (κ3) is 3.75. The van der Waals surface area contributed by atoms with Crippen molar-refractivity contribution in [2.45, 2.75) is 6.54 Å². The van der Waals surface area contributed by atoms with Crippen molar-refractivity contribution in [3.05, 3.63) is 35.0 Å². The molecule has 0 bridgehead atoms. The van der Waals surface area contributed by atoms with Crippen LogP contribution in [0.1, 0.15) is 5.69 Å². The van der Waals surface area contributed by atoms with E-state index in [4.69, 9.17) is 16.3 Å². The Balaban J connectivity index is 1.54. The Hall–Kier alpha value is -1.56. The Kier molecular flexibility index (Phi) is 4.43. The normalized spacial score (nSPS) is 16.2. The second kappa shape index (κ2) is 6.47. The quantitative estimate of drug-likeness (QED) is 0.905. The summed E-state index contributed by atoms with van der Waals surface area (Å²) < 4.78 is 5.26. The van der Waals surface area contributed by atoms with Crippen molar-refractivity contribution in [2.24, 2.45) is 0 Å². The van der Waals surface area contributed by atoms with Gasteiger partial charge in [-0.3, -0.25) is 9.69 Å². The number of amides is 1. The highest BCUT2D eigenvalue weighted by Crippen LogP contribution is 2.19. The summed E-state index contributed by atoms with van der Waals surface area (Å²) in [5, 5.41) is 4.70. The molecule has 0 spiro atoms. The maximum Gasteiger partial charge on any atom is 0.234 e. The van der Waals surface area contributed by atoms with E-state index < -0.39 is 0 Å². The highest BCUT2D eigenvalue weighted by atomic mass is 35.5. The molecule has 6 heteroatoms. The van der Waals surface area contributed by atoms with E-state index in [1.165, 1.54) is 0 Å². The van der Waals surface area contributed by atoms with Crippen molar-refractivity contribution in [2.75, 3.05) is 32.8 Å². The van der Waals surface area contributed by atoms with Crippen LogP contribution in [0.15, 0.2) is 24.3 Å². The summed E-state index contributed by atoms with van der Waals surface area (Å²) in [6.45, 7) is 3.97. The molecule has 1 aromatic heterocycles. The molecule has 21 heavy (non-hydrogen) atoms. The molecule has 112 valence electrons. The fraction of sp³-hybridized carbons (Fsp3) is 0.400. The van der Waals surface area contributed by atoms with Gasteiger partial charge in [0.1, 0.15) is 0 Å². The van der Waals surface area contributed by atoms with Crippen LogP contribution in [0.2, 0.25) is 5.02 Å². The number of nitrogens with zero attached hydrogens (tertiary/aromatic N) is 1. The number of halogens is 1. The molecule has 1 aromatic carbocycles. The van der Waals surface area contributed by atoms with Crippen LogP contribution in [0.25, 0.3) is 10.9 Å². The van der Waals surface area contributed by atoms with Crippen LogP contribution in [0.3, 0.4) is 0 Å². The van der Waals surface area contributed by atoms with Gasteiger partial charge < -0.3 is 15.0 Å². The number of H-pyrrole nitrogens is 1. The largest absolute Gasteiger partial charge is 0.379 e. The molecule has 2 aromatic rings. The van der Waals surface area contributed by atoms with Crippen molar-refractivity contribution >= 4 is 28.4 Å². The number of carbonyl (C=O) groups is 1. The number of aromatic nitrogens is 1. The highest BCUT2D eigenvalue weighted by Gasteiger charge is 2.14. The second-order valence-electron chi connectivity index (χ2n) is 5.19. The summed E-state index contributed by atoms with van der Waals surface area (Å²) in [4.78, 5) is 17.3. The SMILES string of the molecule is O=C(CN1CCOCC1)NCc1cc2cc(Cl)ccc2[nH]1. The predicted octanol–water partition coefficient (Wildman–Crippen LogP) is 1.77. The maximum atomic E-state index is 11.9. The molecule has 0 aliphatic carbocycles. The lowest BCUT2D eigenvalue weighted by molar-refractivity contribution is -0.123. The van der Waals surface area contributed by atoms with E-state index >= 15 is 0 Å². The number of aromatic amines is 1. The molecular formula is C15H18ClN3O2. The Bertz CT molecular complexity index is 635. The molecule has 0 atom stereocenters. The summed E-state index contributed by atoms with van der Waals surface area (Å²) in [6.07, 6.45) is 0. The van der Waals surface area contributed by atoms with Gasteiger partial charge in [0.25, 0.3) is 0 Å². The highest BCUT2D eigenvalue weighted by molar-refractivity contribution is 6.31. The Morgan fingerprint density at radius 2 is 2.14 bits per heavy atom. The smallest absolute Gasteiger partial charge is 0.234 e. The number of morpholine rings is 1. The third-order valence-corrected chi connectivity index (χ3v) is 3.82. The Morgan fingerprint density at radius 3 is 2.95 bits per heavy atom. The third-order valence-electron chi connectivity index (χ3n) is 3.59. The molecule has 1 fully saturated rings. The number of ether oxygens (including phenoxy) is 1. The lowest BCUT2D eigenvalue weighted by Crippen LogP contribution is -2.43. The van der Waals surface area contributed by atoms with Crippen molar-refractivity contribution in [1.29, 1.82) is 0 Å². The zero-order valence-electron chi connectivity index (χ0n) is 11.7. The number of benzene rings is 1. The monoisotopic (exact) mass is 307 g/mol. The number of hydrogen-bond donors (Lipinski definition) is 2. The van der Waals surface area contributed by atoms with E-state index in [0.717, 1.165) is 29.7 Å². The van der Waals surface area contributed by atoms with E-state index in [1.54, 1.807) is 0 Å². The van der Waals surface area contributed by atoms with Gasteiger partial charge in [0.15, 0.2) is 0 Å². The standard InChI is InChI=1S/C15H18ClN3O2/c16-12-1-2-14-11(7-12)8-13(18-14)9-17-15(20)10-19-3-5-21-6-4-19/h1-2,7-8,18H,3-6,9-10H2,(H,17,20). The minimum Gasteiger partial charge on any atom is -0.379 e. The van der Waals surface area contributed by atoms with Crippen LogP contribution in [0.5, 0.6) is 0 Å². The molecule has 3 rings (SSSR count). The van der Waals surface area contributed by atoms with E-state index in [0.29, 0.717) is 31.3 Å². The molecular weight excluding hydrogens is 290 g/mol. The number of hydrogen-bond acceptors (Lipinski definition) is 3. The van der Waals surface area contributed by atoms with Crippen LogP contribution in [0.4, 0.5) is 0 Å². The number of nitrogens with one attached hydrogen (secondary N) is 2. The van der Waals surface area contributed by atoms with Gasteiger partial charge in [-0.2, -0.15) is 0 Å². The molecule has 1 saturated heterocycles. The van der Waals surface area contributed by atoms with Gasteiger partial charge >= 0.3 is 0 Å². The molecule has 0 unspecified atom stereocenters. The fourth-order valence-corrected chi connectivity index (χ4v) is 2.65. The molecule has 1 amide bonds. The van der Waals surface area contributed by atoms with E-state index in [1.807, 2.05) is 24.3 Å². The van der Waals surface area contributed by atoms with Crippen LogP contribution >= 0.6 is 11.6 Å². The van der Waals surface area contributed by atoms with E-state index in [-0.39, 0.29) is 5.91 Å². The van der Waals surface area contributed by atoms with Crippen molar-refractivity contribution in [3.8, 4) is 0 Å². The molecule has 2 heterocycles. The van der Waals surface area contributed by atoms with Crippen LogP contribution in [-0.4, -0.2) is 48.6 Å². The van der Waals surface area contributed by atoms with Crippen LogP contribution < -0.4 is 5.32 Å². The lowest BCUT2D eigenvalue weighted by atomic mass is 10.2. The molecule has 1 aliphatic rings. The predicted molar refractivity (Wildman–Crippen MR) is 82.4 cm³/mol. The maximum absolute atomic E-state index is 11.9. The molecule has 0 radical (unpaired) electrons. The summed E-state index contributed by atoms with van der Waals surface area (Å²) in [5.41, 5.74) is 2.00. The summed E-state index contributed by atoms with van der Waals surface area (Å²) >= 11 is 5.96. The first-order chi connectivity index (χ1) is 10.2. The second-order valence-corrected chi connectivity index (χ2v) is 5.63. The van der Waals surface area contributed by atoms with Gasteiger partial charge in [-0.1, -0.05) is 11.6 Å². The first kappa shape index (κ1) is 14.4. The van der Waals surface area contributed by atoms with Gasteiger partial charge in [0, 0.05) is 34.7 Å². The zero-order valence-corrected chi connectivity index (χ0v) is 12.4. The van der Waals surface area contributed by atoms with Crippen molar-refractivity contribution < 1.29 is 9.53 Å². The van der Waals surface area contributed by atoms with E-state index in [2.05, 4.69) is 15.2 Å². The number of carbonyl (C=O) groups excluding carboxylic acids is 1. The minimum atomic E-state index is 0.0357. The van der Waals surface area contributed by atoms with Crippen LogP contribution in [0, 0.1) is 0 Å². The van der Waals surface area contributed by atoms with Crippen molar-refractivity contribution in [3.63, 3.8) is 0 Å². The van der Waals surface area contributed by atoms with Crippen LogP contribution in [-0.2, 0) is 16.1 Å². The minimum absolute atomic E-state index is 0.0357. The average molecular weight is 308 g/mol. The van der Waals surface area contributed by atoms with Gasteiger partial charge in [-0.05, 0) is 24.3 Å². The molecule has 0 saturated carbocycles. The average Bonchev–Trinajstić information content (AvgIpc) is 2.88. The topological polar surface area (TPSA) is 57.4 Å². The van der Waals surface area contributed by atoms with Gasteiger partial charge in [0.2, 0.25) is 5.91 Å². The van der Waals surface area contributed by atoms with E-state index in [9.17, 15) is 4.79 Å². The number of rotatable bonds is 4.